The van der Waals surface area contributed by atoms with E-state index in [1.807, 2.05) is 6.92 Å². The van der Waals surface area contributed by atoms with Crippen molar-refractivity contribution in [2.24, 2.45) is 5.92 Å². The van der Waals surface area contributed by atoms with Crippen LogP contribution in [0.15, 0.2) is 40.8 Å². The highest BCUT2D eigenvalue weighted by Crippen LogP contribution is 2.30. The average molecular weight is 290 g/mol. The lowest BCUT2D eigenvalue weighted by atomic mass is 10.1. The Balaban J connectivity index is 2.08. The van der Waals surface area contributed by atoms with Crippen LogP contribution in [-0.2, 0) is 6.54 Å². The molecule has 0 saturated carbocycles. The van der Waals surface area contributed by atoms with Gasteiger partial charge in [-0.15, -0.1) is 0 Å². The molecule has 0 bridgehead atoms. The Morgan fingerprint density at radius 1 is 1.33 bits per heavy atom. The Labute approximate surface area is 122 Å². The Morgan fingerprint density at radius 2 is 2.10 bits per heavy atom. The molecule has 1 atom stereocenters. The number of benzene rings is 1. The van der Waals surface area contributed by atoms with Gasteiger partial charge in [0.1, 0.15) is 11.5 Å². The number of hydrogen-bond donors (Lipinski definition) is 2. The van der Waals surface area contributed by atoms with E-state index in [4.69, 9.17) is 9.52 Å². The van der Waals surface area contributed by atoms with E-state index in [1.54, 1.807) is 30.3 Å². The molecule has 1 heterocycles. The minimum absolute atomic E-state index is 0.0280. The Hall–Kier alpha value is -2.18. The van der Waals surface area contributed by atoms with Crippen molar-refractivity contribution < 1.29 is 14.4 Å². The molecule has 2 rings (SSSR count). The van der Waals surface area contributed by atoms with Crippen LogP contribution < -0.4 is 5.32 Å². The molecular weight excluding hydrogens is 272 g/mol. The summed E-state index contributed by atoms with van der Waals surface area (Å²) in [6.45, 7) is 3.27. The van der Waals surface area contributed by atoms with Crippen molar-refractivity contribution in [3.05, 3.63) is 52.3 Å². The molecule has 0 spiro atoms. The van der Waals surface area contributed by atoms with Crippen LogP contribution in [-0.4, -0.2) is 23.2 Å². The standard InChI is InChI=1S/C15H18N2O4/c1-11(10-18)8-16-9-12-6-7-15(21-12)13-4-2-3-5-14(13)17(19)20/h2-7,11,16,18H,8-10H2,1H3. The molecule has 0 saturated heterocycles. The Morgan fingerprint density at radius 3 is 2.81 bits per heavy atom. The van der Waals surface area contributed by atoms with Gasteiger partial charge in [0.15, 0.2) is 0 Å². The lowest BCUT2D eigenvalue weighted by molar-refractivity contribution is -0.384. The van der Waals surface area contributed by atoms with E-state index in [9.17, 15) is 10.1 Å². The molecule has 112 valence electrons. The Bertz CT molecular complexity index is 609. The molecule has 0 aliphatic carbocycles. The molecule has 0 radical (unpaired) electrons. The number of nitro groups is 1. The second kappa shape index (κ2) is 7.01. The van der Waals surface area contributed by atoms with Gasteiger partial charge in [-0.3, -0.25) is 10.1 Å². The van der Waals surface area contributed by atoms with Crippen LogP contribution in [0.3, 0.4) is 0 Å². The second-order valence-corrected chi connectivity index (χ2v) is 4.96. The van der Waals surface area contributed by atoms with E-state index in [0.717, 1.165) is 0 Å². The third-order valence-electron chi connectivity index (χ3n) is 3.13. The first-order chi connectivity index (χ1) is 10.1. The van der Waals surface area contributed by atoms with Gasteiger partial charge in [0.2, 0.25) is 0 Å². The van der Waals surface area contributed by atoms with Crippen LogP contribution in [0.25, 0.3) is 11.3 Å². The van der Waals surface area contributed by atoms with Crippen molar-refractivity contribution in [1.29, 1.82) is 0 Å². The maximum absolute atomic E-state index is 11.0. The summed E-state index contributed by atoms with van der Waals surface area (Å²) in [6.07, 6.45) is 0. The molecule has 1 aromatic heterocycles. The number of hydrogen-bond acceptors (Lipinski definition) is 5. The van der Waals surface area contributed by atoms with Crippen LogP contribution in [0.4, 0.5) is 5.69 Å². The van der Waals surface area contributed by atoms with Gasteiger partial charge in [-0.2, -0.15) is 0 Å². The highest BCUT2D eigenvalue weighted by atomic mass is 16.6. The normalized spacial score (nSPS) is 12.3. The van der Waals surface area contributed by atoms with Gasteiger partial charge in [0.25, 0.3) is 5.69 Å². The predicted octanol–water partition coefficient (Wildman–Crippen LogP) is 2.57. The number of nitrogens with zero attached hydrogens (tertiary/aromatic N) is 1. The number of furan rings is 1. The lowest BCUT2D eigenvalue weighted by Gasteiger charge is -2.07. The third kappa shape index (κ3) is 3.90. The topological polar surface area (TPSA) is 88.5 Å². The molecule has 0 fully saturated rings. The van der Waals surface area contributed by atoms with Crippen LogP contribution in [0.2, 0.25) is 0 Å². The van der Waals surface area contributed by atoms with Crippen LogP contribution in [0.1, 0.15) is 12.7 Å². The molecule has 1 aromatic carbocycles. The highest BCUT2D eigenvalue weighted by molar-refractivity contribution is 5.69. The zero-order valence-corrected chi connectivity index (χ0v) is 11.8. The minimum Gasteiger partial charge on any atom is -0.459 e. The van der Waals surface area contributed by atoms with Gasteiger partial charge in [-0.25, -0.2) is 0 Å². The van der Waals surface area contributed by atoms with Gasteiger partial charge < -0.3 is 14.8 Å². The summed E-state index contributed by atoms with van der Waals surface area (Å²) >= 11 is 0. The van der Waals surface area contributed by atoms with Crippen molar-refractivity contribution >= 4 is 5.69 Å². The maximum Gasteiger partial charge on any atom is 0.280 e. The van der Waals surface area contributed by atoms with Crippen LogP contribution >= 0.6 is 0 Å². The summed E-state index contributed by atoms with van der Waals surface area (Å²) in [7, 11) is 0. The largest absolute Gasteiger partial charge is 0.459 e. The van der Waals surface area contributed by atoms with Gasteiger partial charge in [0.05, 0.1) is 17.0 Å². The van der Waals surface area contributed by atoms with Crippen molar-refractivity contribution in [1.82, 2.24) is 5.32 Å². The molecule has 1 unspecified atom stereocenters. The number of para-hydroxylation sites is 1. The predicted molar refractivity (Wildman–Crippen MR) is 78.8 cm³/mol. The zero-order valence-electron chi connectivity index (χ0n) is 11.8. The van der Waals surface area contributed by atoms with E-state index in [-0.39, 0.29) is 18.2 Å². The molecule has 6 heteroatoms. The van der Waals surface area contributed by atoms with E-state index < -0.39 is 4.92 Å². The first-order valence-electron chi connectivity index (χ1n) is 6.76. The molecule has 0 amide bonds. The third-order valence-corrected chi connectivity index (χ3v) is 3.13. The fourth-order valence-corrected chi connectivity index (χ4v) is 1.97. The summed E-state index contributed by atoms with van der Waals surface area (Å²) in [5, 5.41) is 23.1. The van der Waals surface area contributed by atoms with Crippen molar-refractivity contribution in [3.8, 4) is 11.3 Å². The van der Waals surface area contributed by atoms with E-state index >= 15 is 0 Å². The summed E-state index contributed by atoms with van der Waals surface area (Å²) in [4.78, 5) is 10.6. The summed E-state index contributed by atoms with van der Waals surface area (Å²) in [6, 6.07) is 10.0. The monoisotopic (exact) mass is 290 g/mol. The number of aliphatic hydroxyl groups excluding tert-OH is 1. The SMILES string of the molecule is CC(CO)CNCc1ccc(-c2ccccc2[N+](=O)[O-])o1. The van der Waals surface area contributed by atoms with E-state index in [1.165, 1.54) is 6.07 Å². The fourth-order valence-electron chi connectivity index (χ4n) is 1.97. The number of nitrogens with one attached hydrogen (secondary N) is 1. The molecule has 6 nitrogen and oxygen atoms in total. The van der Waals surface area contributed by atoms with E-state index in [0.29, 0.717) is 30.2 Å². The lowest BCUT2D eigenvalue weighted by Crippen LogP contribution is -2.22. The second-order valence-electron chi connectivity index (χ2n) is 4.96. The average Bonchev–Trinajstić information content (AvgIpc) is 2.95. The molecule has 2 aromatic rings. The summed E-state index contributed by atoms with van der Waals surface area (Å²) in [5.74, 6) is 1.36. The van der Waals surface area contributed by atoms with Crippen molar-refractivity contribution in [2.75, 3.05) is 13.2 Å². The minimum atomic E-state index is -0.418. The highest BCUT2D eigenvalue weighted by Gasteiger charge is 2.17. The van der Waals surface area contributed by atoms with Gasteiger partial charge >= 0.3 is 0 Å². The molecule has 0 aliphatic heterocycles. The molecule has 0 aliphatic rings. The molecular formula is C15H18N2O4. The van der Waals surface area contributed by atoms with Gasteiger partial charge in [-0.1, -0.05) is 19.1 Å². The van der Waals surface area contributed by atoms with Crippen LogP contribution in [0.5, 0.6) is 0 Å². The first-order valence-corrected chi connectivity index (χ1v) is 6.76. The first kappa shape index (κ1) is 15.2. The Kier molecular flexibility index (Phi) is 5.08. The molecule has 2 N–H and O–H groups in total. The van der Waals surface area contributed by atoms with Crippen molar-refractivity contribution in [3.63, 3.8) is 0 Å². The zero-order chi connectivity index (χ0) is 15.2. The number of aliphatic hydroxyl groups is 1. The number of nitro benzene ring substituents is 1. The van der Waals surface area contributed by atoms with E-state index in [2.05, 4.69) is 5.32 Å². The number of rotatable bonds is 7. The quantitative estimate of drug-likeness (QED) is 0.604. The summed E-state index contributed by atoms with van der Waals surface area (Å²) < 4.78 is 5.65. The van der Waals surface area contributed by atoms with Crippen LogP contribution in [0, 0.1) is 16.0 Å². The van der Waals surface area contributed by atoms with Gasteiger partial charge in [0, 0.05) is 19.2 Å². The fraction of sp³-hybridized carbons (Fsp3) is 0.333. The molecule has 21 heavy (non-hydrogen) atoms. The maximum atomic E-state index is 11.0. The summed E-state index contributed by atoms with van der Waals surface area (Å²) in [5.41, 5.74) is 0.498. The van der Waals surface area contributed by atoms with Gasteiger partial charge in [-0.05, 0) is 24.1 Å². The van der Waals surface area contributed by atoms with Crippen molar-refractivity contribution in [2.45, 2.75) is 13.5 Å². The smallest absolute Gasteiger partial charge is 0.280 e.